The zero-order valence-electron chi connectivity index (χ0n) is 12.5. The van der Waals surface area contributed by atoms with E-state index >= 15 is 0 Å². The van der Waals surface area contributed by atoms with Crippen molar-refractivity contribution in [2.75, 3.05) is 24.7 Å². The Morgan fingerprint density at radius 1 is 1.45 bits per heavy atom. The average Bonchev–Trinajstić information content (AvgIpc) is 3.13. The number of rotatable bonds is 8. The fourth-order valence-electron chi connectivity index (χ4n) is 2.61. The minimum absolute atomic E-state index is 0.0774. The van der Waals surface area contributed by atoms with E-state index in [0.717, 1.165) is 11.5 Å². The number of nitrogen functional groups attached to an aromatic ring is 1. The molecule has 1 aromatic rings. The van der Waals surface area contributed by atoms with E-state index in [2.05, 4.69) is 12.2 Å². The van der Waals surface area contributed by atoms with Crippen LogP contribution >= 0.6 is 11.3 Å². The Labute approximate surface area is 124 Å². The molecule has 0 unspecified atom stereocenters. The second kappa shape index (κ2) is 6.04. The van der Waals surface area contributed by atoms with Crippen molar-refractivity contribution in [2.24, 2.45) is 5.41 Å². The van der Waals surface area contributed by atoms with Crippen LogP contribution in [0.4, 0.5) is 10.7 Å². The highest BCUT2D eigenvalue weighted by molar-refractivity contribution is 7.19. The van der Waals surface area contributed by atoms with E-state index < -0.39 is 0 Å². The molecule has 0 bridgehead atoms. The van der Waals surface area contributed by atoms with Gasteiger partial charge in [0.15, 0.2) is 11.5 Å². The number of methoxy groups -OCH3 is 1. The highest BCUT2D eigenvalue weighted by Gasteiger charge is 2.41. The van der Waals surface area contributed by atoms with Crippen LogP contribution in [0.2, 0.25) is 0 Å². The number of ether oxygens (including phenoxy) is 1. The maximum absolute atomic E-state index is 11.9. The normalized spacial score (nSPS) is 15.9. The lowest BCUT2D eigenvalue weighted by Gasteiger charge is -2.15. The molecule has 0 aromatic carbocycles. The van der Waals surface area contributed by atoms with Crippen molar-refractivity contribution < 1.29 is 9.53 Å². The summed E-state index contributed by atoms with van der Waals surface area (Å²) in [4.78, 5) is 12.5. The molecule has 0 amide bonds. The van der Waals surface area contributed by atoms with Gasteiger partial charge in [-0.2, -0.15) is 0 Å². The zero-order chi connectivity index (χ0) is 14.8. The van der Waals surface area contributed by atoms with Crippen LogP contribution in [0.25, 0.3) is 0 Å². The molecule has 5 heteroatoms. The van der Waals surface area contributed by atoms with Gasteiger partial charge in [-0.15, -0.1) is 11.3 Å². The minimum atomic E-state index is 0.0774. The summed E-state index contributed by atoms with van der Waals surface area (Å²) in [5.41, 5.74) is 6.96. The molecule has 1 aliphatic carbocycles. The van der Waals surface area contributed by atoms with Crippen LogP contribution in [0.1, 0.15) is 55.6 Å². The number of hydrogen-bond acceptors (Lipinski definition) is 5. The fourth-order valence-corrected chi connectivity index (χ4v) is 3.70. The first-order valence-electron chi connectivity index (χ1n) is 7.30. The van der Waals surface area contributed by atoms with Crippen LogP contribution in [0, 0.1) is 5.41 Å². The van der Waals surface area contributed by atoms with Gasteiger partial charge in [-0.05, 0) is 24.7 Å². The third-order valence-corrected chi connectivity index (χ3v) is 5.23. The summed E-state index contributed by atoms with van der Waals surface area (Å²) < 4.78 is 5.37. The molecule has 1 aliphatic rings. The third-order valence-electron chi connectivity index (χ3n) is 4.04. The number of Topliss-reactive ketones (excluding diaryl/α,β-unsaturated/α-hetero) is 1. The van der Waals surface area contributed by atoms with Crippen LogP contribution in [0.15, 0.2) is 0 Å². The highest BCUT2D eigenvalue weighted by atomic mass is 32.1. The van der Waals surface area contributed by atoms with Crippen LogP contribution in [-0.4, -0.2) is 19.4 Å². The second-order valence-corrected chi connectivity index (χ2v) is 6.61. The van der Waals surface area contributed by atoms with E-state index in [9.17, 15) is 4.79 Å². The second-order valence-electron chi connectivity index (χ2n) is 5.59. The summed E-state index contributed by atoms with van der Waals surface area (Å²) in [5.74, 6) is 0.702. The van der Waals surface area contributed by atoms with Gasteiger partial charge in [0, 0.05) is 13.0 Å². The van der Waals surface area contributed by atoms with Gasteiger partial charge >= 0.3 is 0 Å². The van der Waals surface area contributed by atoms with E-state index in [-0.39, 0.29) is 5.78 Å². The van der Waals surface area contributed by atoms with Crippen molar-refractivity contribution in [2.45, 2.75) is 46.0 Å². The van der Waals surface area contributed by atoms with E-state index in [0.29, 0.717) is 28.1 Å². The largest absolute Gasteiger partial charge is 0.492 e. The standard InChI is InChI=1S/C15H24N2O2S/c1-4-6-15(7-8-15)9-17-14-12(19-3)11(16)13(20-14)10(18)5-2/h17H,4-9,16H2,1-3H3. The Hall–Kier alpha value is -1.23. The summed E-state index contributed by atoms with van der Waals surface area (Å²) >= 11 is 1.42. The Balaban J connectivity index is 2.13. The van der Waals surface area contributed by atoms with Gasteiger partial charge in [-0.25, -0.2) is 0 Å². The molecule has 0 saturated heterocycles. The maximum Gasteiger partial charge on any atom is 0.176 e. The molecule has 0 atom stereocenters. The van der Waals surface area contributed by atoms with E-state index in [4.69, 9.17) is 10.5 Å². The lowest BCUT2D eigenvalue weighted by atomic mass is 10.0. The molecule has 0 aliphatic heterocycles. The zero-order valence-corrected chi connectivity index (χ0v) is 13.4. The summed E-state index contributed by atoms with van der Waals surface area (Å²) in [6.45, 7) is 5.01. The fraction of sp³-hybridized carbons (Fsp3) is 0.667. The van der Waals surface area contributed by atoms with E-state index in [1.54, 1.807) is 7.11 Å². The number of nitrogens with one attached hydrogen (secondary N) is 1. The van der Waals surface area contributed by atoms with Gasteiger partial charge in [0.2, 0.25) is 0 Å². The molecule has 112 valence electrons. The highest BCUT2D eigenvalue weighted by Crippen LogP contribution is 2.51. The topological polar surface area (TPSA) is 64.4 Å². The molecule has 2 rings (SSSR count). The molecule has 0 spiro atoms. The molecule has 4 nitrogen and oxygen atoms in total. The van der Waals surface area contributed by atoms with Crippen molar-refractivity contribution in [1.29, 1.82) is 0 Å². The van der Waals surface area contributed by atoms with Gasteiger partial charge in [-0.1, -0.05) is 20.3 Å². The predicted octanol–water partition coefficient (Wildman–Crippen LogP) is 3.92. The number of hydrogen-bond donors (Lipinski definition) is 2. The van der Waals surface area contributed by atoms with Crippen molar-refractivity contribution in [3.05, 3.63) is 4.88 Å². The Morgan fingerprint density at radius 2 is 2.15 bits per heavy atom. The average molecular weight is 296 g/mol. The molecule has 20 heavy (non-hydrogen) atoms. The van der Waals surface area contributed by atoms with Crippen LogP contribution < -0.4 is 15.8 Å². The van der Waals surface area contributed by atoms with Gasteiger partial charge in [0.1, 0.15) is 5.00 Å². The number of carbonyl (C=O) groups excluding carboxylic acids is 1. The quantitative estimate of drug-likeness (QED) is 0.714. The molecule has 0 radical (unpaired) electrons. The Bertz CT molecular complexity index is 492. The lowest BCUT2D eigenvalue weighted by molar-refractivity contribution is 0.0992. The van der Waals surface area contributed by atoms with E-state index in [1.165, 1.54) is 37.0 Å². The number of carbonyl (C=O) groups is 1. The van der Waals surface area contributed by atoms with Crippen LogP contribution in [0.3, 0.4) is 0 Å². The molecule has 1 saturated carbocycles. The number of nitrogens with two attached hydrogens (primary N) is 1. The minimum Gasteiger partial charge on any atom is -0.492 e. The number of ketones is 1. The van der Waals surface area contributed by atoms with Gasteiger partial charge in [0.05, 0.1) is 17.7 Å². The predicted molar refractivity (Wildman–Crippen MR) is 85.0 cm³/mol. The van der Waals surface area contributed by atoms with Crippen molar-refractivity contribution >= 4 is 27.8 Å². The SMILES string of the molecule is CCCC1(CNc2sc(C(=O)CC)c(N)c2OC)CC1. The smallest absolute Gasteiger partial charge is 0.176 e. The van der Waals surface area contributed by atoms with Gasteiger partial charge in [0.25, 0.3) is 0 Å². The summed E-state index contributed by atoms with van der Waals surface area (Å²) in [6, 6.07) is 0. The Kier molecular flexibility index (Phi) is 4.58. The number of anilines is 2. The van der Waals surface area contributed by atoms with Gasteiger partial charge < -0.3 is 15.8 Å². The van der Waals surface area contributed by atoms with Crippen LogP contribution in [-0.2, 0) is 0 Å². The summed E-state index contributed by atoms with van der Waals surface area (Å²) in [6.07, 6.45) is 5.51. The third kappa shape index (κ3) is 2.92. The molecule has 1 fully saturated rings. The van der Waals surface area contributed by atoms with Crippen molar-refractivity contribution in [3.8, 4) is 5.75 Å². The van der Waals surface area contributed by atoms with Crippen LogP contribution in [0.5, 0.6) is 5.75 Å². The number of thiophene rings is 1. The Morgan fingerprint density at radius 3 is 2.65 bits per heavy atom. The molecular weight excluding hydrogens is 272 g/mol. The molecule has 3 N–H and O–H groups in total. The van der Waals surface area contributed by atoms with Gasteiger partial charge in [-0.3, -0.25) is 4.79 Å². The van der Waals surface area contributed by atoms with Crippen molar-refractivity contribution in [1.82, 2.24) is 0 Å². The maximum atomic E-state index is 11.9. The molecule has 1 heterocycles. The lowest BCUT2D eigenvalue weighted by Crippen LogP contribution is -2.14. The van der Waals surface area contributed by atoms with Crippen molar-refractivity contribution in [3.63, 3.8) is 0 Å². The first-order valence-corrected chi connectivity index (χ1v) is 8.12. The molecular formula is C15H24N2O2S. The summed E-state index contributed by atoms with van der Waals surface area (Å²) in [7, 11) is 1.60. The van der Waals surface area contributed by atoms with E-state index in [1.807, 2.05) is 6.92 Å². The monoisotopic (exact) mass is 296 g/mol. The first-order chi connectivity index (χ1) is 9.56. The summed E-state index contributed by atoms with van der Waals surface area (Å²) in [5, 5.41) is 4.35. The first kappa shape index (κ1) is 15.2. The molecule has 1 aromatic heterocycles.